The highest BCUT2D eigenvalue weighted by Gasteiger charge is 1.98. The summed E-state index contributed by atoms with van der Waals surface area (Å²) in [5.41, 5.74) is 1.11. The summed E-state index contributed by atoms with van der Waals surface area (Å²) in [5, 5.41) is 25.1. The van der Waals surface area contributed by atoms with Crippen molar-refractivity contribution in [3.8, 4) is 11.8 Å². The first-order valence-corrected chi connectivity index (χ1v) is 5.40. The first kappa shape index (κ1) is 12.0. The average molecular weight is 244 g/mol. The molecule has 0 amide bonds. The van der Waals surface area contributed by atoms with Crippen LogP contribution in [0.5, 0.6) is 5.75 Å². The van der Waals surface area contributed by atoms with Crippen molar-refractivity contribution in [1.29, 1.82) is 5.26 Å². The van der Waals surface area contributed by atoms with Crippen molar-refractivity contribution < 1.29 is 4.74 Å². The normalized spacial score (nSPS) is 9.94. The van der Waals surface area contributed by atoms with Crippen LogP contribution in [-0.2, 0) is 13.1 Å². The molecule has 0 spiro atoms. The van der Waals surface area contributed by atoms with Gasteiger partial charge in [-0.2, -0.15) is 10.5 Å². The van der Waals surface area contributed by atoms with Crippen molar-refractivity contribution in [3.63, 3.8) is 0 Å². The molecular weight excluding hydrogens is 232 g/mol. The number of aromatic nitrogens is 4. The van der Waals surface area contributed by atoms with E-state index in [9.17, 15) is 0 Å². The Morgan fingerprint density at radius 1 is 1.28 bits per heavy atom. The quantitative estimate of drug-likeness (QED) is 0.762. The zero-order chi connectivity index (χ0) is 12.6. The van der Waals surface area contributed by atoms with E-state index in [0.717, 1.165) is 5.56 Å². The zero-order valence-electron chi connectivity index (χ0n) is 9.63. The van der Waals surface area contributed by atoms with E-state index in [4.69, 9.17) is 10.00 Å². The van der Waals surface area contributed by atoms with Gasteiger partial charge in [0.1, 0.15) is 11.8 Å². The van der Waals surface area contributed by atoms with E-state index in [2.05, 4.69) is 25.9 Å². The number of ether oxygens (including phenoxy) is 1. The van der Waals surface area contributed by atoms with E-state index in [0.29, 0.717) is 24.7 Å². The summed E-state index contributed by atoms with van der Waals surface area (Å²) in [4.78, 5) is 0. The molecule has 92 valence electrons. The molecule has 0 atom stereocenters. The molecule has 7 heteroatoms. The molecule has 1 aromatic heterocycles. The van der Waals surface area contributed by atoms with Gasteiger partial charge < -0.3 is 10.1 Å². The van der Waals surface area contributed by atoms with E-state index >= 15 is 0 Å². The van der Waals surface area contributed by atoms with Gasteiger partial charge in [-0.1, -0.05) is 17.3 Å². The van der Waals surface area contributed by atoms with Crippen molar-refractivity contribution in [2.75, 3.05) is 6.61 Å². The Morgan fingerprint density at radius 3 is 2.78 bits per heavy atom. The number of nitriles is 1. The van der Waals surface area contributed by atoms with E-state index in [1.54, 1.807) is 0 Å². The van der Waals surface area contributed by atoms with Gasteiger partial charge >= 0.3 is 0 Å². The SMILES string of the molecule is N#CCOc1ccc(CNCc2nn[nH]n2)cc1. The number of benzene rings is 1. The number of aromatic amines is 1. The third-order valence-corrected chi connectivity index (χ3v) is 2.23. The fourth-order valence-corrected chi connectivity index (χ4v) is 1.40. The highest BCUT2D eigenvalue weighted by atomic mass is 16.5. The first-order valence-electron chi connectivity index (χ1n) is 5.40. The molecule has 2 N–H and O–H groups in total. The van der Waals surface area contributed by atoms with Gasteiger partial charge in [0.2, 0.25) is 0 Å². The second kappa shape index (κ2) is 6.32. The van der Waals surface area contributed by atoms with Crippen molar-refractivity contribution in [3.05, 3.63) is 35.7 Å². The highest BCUT2D eigenvalue weighted by Crippen LogP contribution is 2.11. The largest absolute Gasteiger partial charge is 0.479 e. The molecule has 2 rings (SSSR count). The molecule has 0 radical (unpaired) electrons. The van der Waals surface area contributed by atoms with Crippen LogP contribution in [0.3, 0.4) is 0 Å². The molecule has 0 aliphatic heterocycles. The lowest BCUT2D eigenvalue weighted by Crippen LogP contribution is -2.13. The Balaban J connectivity index is 1.78. The van der Waals surface area contributed by atoms with Gasteiger partial charge in [-0.25, -0.2) is 0 Å². The lowest BCUT2D eigenvalue weighted by atomic mass is 10.2. The molecule has 0 bridgehead atoms. The Hall–Kier alpha value is -2.46. The van der Waals surface area contributed by atoms with Crippen molar-refractivity contribution in [1.82, 2.24) is 25.9 Å². The number of tetrazole rings is 1. The Kier molecular flexibility index (Phi) is 4.22. The molecule has 0 fully saturated rings. The maximum absolute atomic E-state index is 8.38. The minimum atomic E-state index is 0.0649. The third-order valence-electron chi connectivity index (χ3n) is 2.23. The van der Waals surface area contributed by atoms with Gasteiger partial charge in [-0.15, -0.1) is 10.2 Å². The Bertz CT molecular complexity index is 501. The van der Waals surface area contributed by atoms with Crippen molar-refractivity contribution in [2.45, 2.75) is 13.1 Å². The Labute approximate surface area is 104 Å². The number of nitrogens with one attached hydrogen (secondary N) is 2. The molecular formula is C11H12N6O. The topological polar surface area (TPSA) is 99.5 Å². The number of hydrogen-bond donors (Lipinski definition) is 2. The molecule has 0 saturated heterocycles. The predicted octanol–water partition coefficient (Wildman–Crippen LogP) is 0.392. The van der Waals surface area contributed by atoms with Crippen LogP contribution in [-0.4, -0.2) is 27.2 Å². The van der Waals surface area contributed by atoms with Crippen LogP contribution in [0.25, 0.3) is 0 Å². The molecule has 0 saturated carbocycles. The minimum absolute atomic E-state index is 0.0649. The smallest absolute Gasteiger partial charge is 0.188 e. The summed E-state index contributed by atoms with van der Waals surface area (Å²) in [6.45, 7) is 1.33. The molecule has 7 nitrogen and oxygen atoms in total. The molecule has 0 aliphatic rings. The fourth-order valence-electron chi connectivity index (χ4n) is 1.40. The van der Waals surface area contributed by atoms with Crippen LogP contribution >= 0.6 is 0 Å². The van der Waals surface area contributed by atoms with E-state index in [1.807, 2.05) is 30.3 Å². The van der Waals surface area contributed by atoms with Gasteiger partial charge in [0.25, 0.3) is 0 Å². The van der Waals surface area contributed by atoms with Crippen LogP contribution in [0.2, 0.25) is 0 Å². The lowest BCUT2D eigenvalue weighted by molar-refractivity contribution is 0.368. The third kappa shape index (κ3) is 3.54. The molecule has 1 heterocycles. The maximum atomic E-state index is 8.38. The van der Waals surface area contributed by atoms with Crippen molar-refractivity contribution in [2.24, 2.45) is 0 Å². The van der Waals surface area contributed by atoms with Crippen LogP contribution in [0.15, 0.2) is 24.3 Å². The summed E-state index contributed by atoms with van der Waals surface area (Å²) in [6.07, 6.45) is 0. The van der Waals surface area contributed by atoms with E-state index in [1.165, 1.54) is 0 Å². The predicted molar refractivity (Wildman–Crippen MR) is 62.3 cm³/mol. The number of hydrogen-bond acceptors (Lipinski definition) is 6. The summed E-state index contributed by atoms with van der Waals surface area (Å²) in [5.74, 6) is 1.32. The second-order valence-corrected chi connectivity index (χ2v) is 3.52. The van der Waals surface area contributed by atoms with Crippen LogP contribution < -0.4 is 10.1 Å². The number of nitrogens with zero attached hydrogens (tertiary/aromatic N) is 4. The summed E-state index contributed by atoms with van der Waals surface area (Å²) in [6, 6.07) is 9.48. The number of rotatable bonds is 6. The molecule has 0 aliphatic carbocycles. The summed E-state index contributed by atoms with van der Waals surface area (Å²) in [7, 11) is 0. The Morgan fingerprint density at radius 2 is 2.11 bits per heavy atom. The molecule has 18 heavy (non-hydrogen) atoms. The van der Waals surface area contributed by atoms with Gasteiger partial charge in [0, 0.05) is 6.54 Å². The van der Waals surface area contributed by atoms with Crippen LogP contribution in [0.4, 0.5) is 0 Å². The van der Waals surface area contributed by atoms with Gasteiger partial charge in [0.05, 0.1) is 6.54 Å². The van der Waals surface area contributed by atoms with E-state index < -0.39 is 0 Å². The first-order chi connectivity index (χ1) is 8.88. The van der Waals surface area contributed by atoms with Gasteiger partial charge in [-0.05, 0) is 17.7 Å². The highest BCUT2D eigenvalue weighted by molar-refractivity contribution is 5.27. The van der Waals surface area contributed by atoms with Gasteiger partial charge in [0.15, 0.2) is 12.4 Å². The zero-order valence-corrected chi connectivity index (χ0v) is 9.63. The standard InChI is InChI=1S/C11H12N6O/c12-5-6-18-10-3-1-9(2-4-10)7-13-8-11-14-16-17-15-11/h1-4,13H,6-8H2,(H,14,15,16,17). The van der Waals surface area contributed by atoms with E-state index in [-0.39, 0.29) is 6.61 Å². The second-order valence-electron chi connectivity index (χ2n) is 3.52. The minimum Gasteiger partial charge on any atom is -0.479 e. The lowest BCUT2D eigenvalue weighted by Gasteiger charge is -2.04. The average Bonchev–Trinajstić information content (AvgIpc) is 2.91. The van der Waals surface area contributed by atoms with Gasteiger partial charge in [-0.3, -0.25) is 0 Å². The molecule has 0 unspecified atom stereocenters. The maximum Gasteiger partial charge on any atom is 0.188 e. The van der Waals surface area contributed by atoms with Crippen LogP contribution in [0.1, 0.15) is 11.4 Å². The fraction of sp³-hybridized carbons (Fsp3) is 0.273. The summed E-state index contributed by atoms with van der Waals surface area (Å²) < 4.78 is 5.16. The van der Waals surface area contributed by atoms with Crippen molar-refractivity contribution >= 4 is 0 Å². The summed E-state index contributed by atoms with van der Waals surface area (Å²) >= 11 is 0. The number of H-pyrrole nitrogens is 1. The molecule has 1 aromatic carbocycles. The molecule has 2 aromatic rings. The van der Waals surface area contributed by atoms with Crippen LogP contribution in [0, 0.1) is 11.3 Å². The monoisotopic (exact) mass is 244 g/mol.